The summed E-state index contributed by atoms with van der Waals surface area (Å²) in [7, 11) is 0. The lowest BCUT2D eigenvalue weighted by Gasteiger charge is -2.26. The minimum Gasteiger partial charge on any atom is -0.371 e. The molecule has 1 saturated carbocycles. The zero-order valence-corrected chi connectivity index (χ0v) is 9.04. The molecule has 2 heteroatoms. The number of hydrogen-bond donors (Lipinski definition) is 1. The first-order valence-electron chi connectivity index (χ1n) is 5.85. The van der Waals surface area contributed by atoms with Crippen LogP contribution in [-0.2, 0) is 4.74 Å². The fourth-order valence-corrected chi connectivity index (χ4v) is 2.45. The first kappa shape index (κ1) is 10.2. The Labute approximate surface area is 86.5 Å². The second-order valence-electron chi connectivity index (χ2n) is 4.68. The summed E-state index contributed by atoms with van der Waals surface area (Å²) in [5.74, 6) is 0. The Morgan fingerprint density at radius 2 is 1.93 bits per heavy atom. The Hall–Kier alpha value is -0.340. The largest absolute Gasteiger partial charge is 0.371 e. The number of nitrogens with two attached hydrogens (primary N) is 1. The maximum absolute atomic E-state index is 6.04. The van der Waals surface area contributed by atoms with Gasteiger partial charge in [0.05, 0.1) is 12.2 Å². The van der Waals surface area contributed by atoms with E-state index in [1.807, 2.05) is 0 Å². The lowest BCUT2D eigenvalue weighted by molar-refractivity contribution is 0.00934. The summed E-state index contributed by atoms with van der Waals surface area (Å²) >= 11 is 0. The summed E-state index contributed by atoms with van der Waals surface area (Å²) in [6.45, 7) is 2.12. The highest BCUT2D eigenvalue weighted by atomic mass is 16.5. The van der Waals surface area contributed by atoms with E-state index >= 15 is 0 Å². The first-order valence-corrected chi connectivity index (χ1v) is 5.85. The Morgan fingerprint density at radius 3 is 2.57 bits per heavy atom. The molecule has 0 aromatic heterocycles. The molecule has 0 aromatic rings. The van der Waals surface area contributed by atoms with E-state index in [9.17, 15) is 0 Å². The molecular weight excluding hydrogens is 174 g/mol. The summed E-state index contributed by atoms with van der Waals surface area (Å²) < 4.78 is 6.04. The van der Waals surface area contributed by atoms with Gasteiger partial charge in [-0.05, 0) is 32.6 Å². The number of rotatable bonds is 2. The monoisotopic (exact) mass is 195 g/mol. The normalized spacial score (nSPS) is 34.6. The average Bonchev–Trinajstić information content (AvgIpc) is 2.64. The predicted molar refractivity (Wildman–Crippen MR) is 58.1 cm³/mol. The van der Waals surface area contributed by atoms with Crippen LogP contribution in [0.2, 0.25) is 0 Å². The summed E-state index contributed by atoms with van der Waals surface area (Å²) in [5.41, 5.74) is 7.23. The topological polar surface area (TPSA) is 35.2 Å². The highest BCUT2D eigenvalue weighted by molar-refractivity contribution is 5.13. The van der Waals surface area contributed by atoms with Crippen LogP contribution in [-0.4, -0.2) is 18.2 Å². The van der Waals surface area contributed by atoms with Gasteiger partial charge in [-0.15, -0.1) is 0 Å². The molecule has 2 unspecified atom stereocenters. The van der Waals surface area contributed by atoms with Crippen LogP contribution in [0, 0.1) is 0 Å². The van der Waals surface area contributed by atoms with Gasteiger partial charge in [-0.2, -0.15) is 0 Å². The molecular formula is C12H21NO. The fraction of sp³-hybridized carbons (Fsp3) is 0.833. The summed E-state index contributed by atoms with van der Waals surface area (Å²) in [5, 5.41) is 0. The molecule has 1 fully saturated rings. The van der Waals surface area contributed by atoms with Crippen LogP contribution < -0.4 is 5.73 Å². The molecule has 0 bridgehead atoms. The number of hydrogen-bond acceptors (Lipinski definition) is 2. The van der Waals surface area contributed by atoms with E-state index in [2.05, 4.69) is 13.0 Å². The third-order valence-electron chi connectivity index (χ3n) is 3.47. The van der Waals surface area contributed by atoms with Gasteiger partial charge in [-0.3, -0.25) is 0 Å². The molecule has 2 aliphatic rings. The Morgan fingerprint density at radius 1 is 1.21 bits per heavy atom. The molecule has 14 heavy (non-hydrogen) atoms. The zero-order chi connectivity index (χ0) is 9.97. The molecule has 2 atom stereocenters. The Bertz CT molecular complexity index is 218. The van der Waals surface area contributed by atoms with Gasteiger partial charge in [0.2, 0.25) is 0 Å². The van der Waals surface area contributed by atoms with Gasteiger partial charge in [0.1, 0.15) is 0 Å². The van der Waals surface area contributed by atoms with E-state index in [0.717, 1.165) is 12.8 Å². The van der Waals surface area contributed by atoms with E-state index in [1.165, 1.54) is 31.3 Å². The highest BCUT2D eigenvalue weighted by Gasteiger charge is 2.23. The van der Waals surface area contributed by atoms with Crippen molar-refractivity contribution in [2.24, 2.45) is 5.73 Å². The quantitative estimate of drug-likeness (QED) is 0.687. The van der Waals surface area contributed by atoms with Crippen molar-refractivity contribution in [2.75, 3.05) is 0 Å². The van der Waals surface area contributed by atoms with Crippen LogP contribution in [0.5, 0.6) is 0 Å². The lowest BCUT2D eigenvalue weighted by Crippen LogP contribution is -2.30. The summed E-state index contributed by atoms with van der Waals surface area (Å²) in [6.07, 6.45) is 10.5. The van der Waals surface area contributed by atoms with E-state index in [0.29, 0.717) is 12.2 Å². The Kier molecular flexibility index (Phi) is 3.24. The third-order valence-corrected chi connectivity index (χ3v) is 3.47. The van der Waals surface area contributed by atoms with Crippen LogP contribution in [0.4, 0.5) is 0 Å². The van der Waals surface area contributed by atoms with Crippen molar-refractivity contribution < 1.29 is 4.74 Å². The molecule has 0 amide bonds. The lowest BCUT2D eigenvalue weighted by atomic mass is 9.94. The van der Waals surface area contributed by atoms with E-state index in [1.54, 1.807) is 0 Å². The average molecular weight is 195 g/mol. The third kappa shape index (κ3) is 2.37. The molecule has 2 N–H and O–H groups in total. The highest BCUT2D eigenvalue weighted by Crippen LogP contribution is 2.26. The summed E-state index contributed by atoms with van der Waals surface area (Å²) in [4.78, 5) is 0. The van der Waals surface area contributed by atoms with Gasteiger partial charge >= 0.3 is 0 Å². The van der Waals surface area contributed by atoms with Crippen LogP contribution in [0.25, 0.3) is 0 Å². The van der Waals surface area contributed by atoms with Crippen LogP contribution in [0.15, 0.2) is 11.6 Å². The van der Waals surface area contributed by atoms with E-state index < -0.39 is 0 Å². The summed E-state index contributed by atoms with van der Waals surface area (Å²) in [6, 6.07) is 0.276. The molecule has 80 valence electrons. The van der Waals surface area contributed by atoms with E-state index in [-0.39, 0.29) is 6.04 Å². The molecule has 0 radical (unpaired) electrons. The van der Waals surface area contributed by atoms with Gasteiger partial charge in [0, 0.05) is 6.04 Å². The molecule has 0 aliphatic heterocycles. The molecule has 0 heterocycles. The van der Waals surface area contributed by atoms with Gasteiger partial charge in [0.15, 0.2) is 0 Å². The first-order chi connectivity index (χ1) is 6.75. The van der Waals surface area contributed by atoms with E-state index in [4.69, 9.17) is 10.5 Å². The van der Waals surface area contributed by atoms with Gasteiger partial charge < -0.3 is 10.5 Å². The van der Waals surface area contributed by atoms with Crippen molar-refractivity contribution in [3.63, 3.8) is 0 Å². The van der Waals surface area contributed by atoms with Crippen LogP contribution in [0.3, 0.4) is 0 Å². The maximum Gasteiger partial charge on any atom is 0.0763 e. The number of ether oxygens (including phenoxy) is 1. The van der Waals surface area contributed by atoms with Crippen LogP contribution >= 0.6 is 0 Å². The van der Waals surface area contributed by atoms with Crippen LogP contribution in [0.1, 0.15) is 45.4 Å². The van der Waals surface area contributed by atoms with Gasteiger partial charge in [-0.25, -0.2) is 0 Å². The van der Waals surface area contributed by atoms with Gasteiger partial charge in [0.25, 0.3) is 0 Å². The molecule has 0 aromatic carbocycles. The second-order valence-corrected chi connectivity index (χ2v) is 4.68. The van der Waals surface area contributed by atoms with Gasteiger partial charge in [-0.1, -0.05) is 24.5 Å². The van der Waals surface area contributed by atoms with Crippen molar-refractivity contribution in [3.05, 3.63) is 11.6 Å². The van der Waals surface area contributed by atoms with Crippen molar-refractivity contribution in [1.29, 1.82) is 0 Å². The van der Waals surface area contributed by atoms with Crippen molar-refractivity contribution in [3.8, 4) is 0 Å². The maximum atomic E-state index is 6.04. The zero-order valence-electron chi connectivity index (χ0n) is 9.04. The minimum absolute atomic E-state index is 0.276. The van der Waals surface area contributed by atoms with Crippen molar-refractivity contribution in [2.45, 2.75) is 63.7 Å². The predicted octanol–water partition coefficient (Wildman–Crippen LogP) is 2.38. The van der Waals surface area contributed by atoms with Crippen molar-refractivity contribution in [1.82, 2.24) is 0 Å². The smallest absolute Gasteiger partial charge is 0.0763 e. The molecule has 0 spiro atoms. The molecule has 2 aliphatic carbocycles. The minimum atomic E-state index is 0.276. The SMILES string of the molecule is CC1=CC(OC2CCCC2)CCC1N. The molecule has 2 rings (SSSR count). The van der Waals surface area contributed by atoms with Crippen molar-refractivity contribution >= 4 is 0 Å². The Balaban J connectivity index is 1.86. The standard InChI is InChI=1S/C12H21NO/c1-9-8-11(6-7-12(9)13)14-10-4-2-3-5-10/h8,10-12H,2-7,13H2,1H3. The second kappa shape index (κ2) is 4.45. The fourth-order valence-electron chi connectivity index (χ4n) is 2.45. The molecule has 2 nitrogen and oxygen atoms in total. The molecule has 0 saturated heterocycles.